The number of ether oxygens (including phenoxy) is 2. The van der Waals surface area contributed by atoms with Crippen molar-refractivity contribution in [3.05, 3.63) is 35.4 Å². The summed E-state index contributed by atoms with van der Waals surface area (Å²) in [6.45, 7) is 0.790. The molecule has 6 nitrogen and oxygen atoms in total. The number of carbonyl (C=O) groups is 2. The monoisotopic (exact) mass is 291 g/mol. The second-order valence-corrected chi connectivity index (χ2v) is 4.54. The maximum Gasteiger partial charge on any atom is 0.329 e. The van der Waals surface area contributed by atoms with Crippen molar-refractivity contribution >= 4 is 18.0 Å². The lowest BCUT2D eigenvalue weighted by Gasteiger charge is -2.02. The minimum Gasteiger partial charge on any atom is -0.493 e. The molecule has 112 valence electrons. The van der Waals surface area contributed by atoms with E-state index in [1.165, 1.54) is 6.08 Å². The maximum atomic E-state index is 11.6. The Kier molecular flexibility index (Phi) is 5.34. The van der Waals surface area contributed by atoms with Crippen LogP contribution >= 0.6 is 0 Å². The topological polar surface area (TPSA) is 84.9 Å². The molecule has 0 radical (unpaired) electrons. The van der Waals surface area contributed by atoms with Gasteiger partial charge >= 0.3 is 5.97 Å². The standard InChI is InChI=1S/C15H17NO5/c17-14(16-6-8-20-10-15(18)19)4-2-11-1-3-13-12(9-11)5-7-21-13/h1-4,9H,5-8,10H2,(H,16,17)(H,18,19). The first-order valence-corrected chi connectivity index (χ1v) is 6.66. The third-order valence-electron chi connectivity index (χ3n) is 2.91. The molecule has 1 aromatic rings. The van der Waals surface area contributed by atoms with Gasteiger partial charge in [0.05, 0.1) is 13.2 Å². The second kappa shape index (κ2) is 7.44. The summed E-state index contributed by atoms with van der Waals surface area (Å²) in [7, 11) is 0. The van der Waals surface area contributed by atoms with E-state index in [1.807, 2.05) is 18.2 Å². The molecule has 1 aliphatic rings. The molecule has 6 heteroatoms. The average Bonchev–Trinajstić information content (AvgIpc) is 2.92. The first-order chi connectivity index (χ1) is 10.1. The van der Waals surface area contributed by atoms with E-state index in [-0.39, 0.29) is 25.7 Å². The molecule has 0 spiro atoms. The summed E-state index contributed by atoms with van der Waals surface area (Å²) in [4.78, 5) is 21.8. The van der Waals surface area contributed by atoms with Gasteiger partial charge in [0, 0.05) is 19.0 Å². The second-order valence-electron chi connectivity index (χ2n) is 4.54. The average molecular weight is 291 g/mol. The van der Waals surface area contributed by atoms with Crippen LogP contribution in [0, 0.1) is 0 Å². The zero-order valence-electron chi connectivity index (χ0n) is 11.5. The summed E-state index contributed by atoms with van der Waals surface area (Å²) < 4.78 is 10.2. The minimum atomic E-state index is -1.03. The van der Waals surface area contributed by atoms with Gasteiger partial charge in [-0.2, -0.15) is 0 Å². The van der Waals surface area contributed by atoms with E-state index in [0.717, 1.165) is 23.3 Å². The Balaban J connectivity index is 1.73. The molecular weight excluding hydrogens is 274 g/mol. The van der Waals surface area contributed by atoms with Crippen molar-refractivity contribution in [1.82, 2.24) is 5.32 Å². The number of hydrogen-bond acceptors (Lipinski definition) is 4. The zero-order chi connectivity index (χ0) is 15.1. The van der Waals surface area contributed by atoms with Crippen LogP contribution in [-0.2, 0) is 20.7 Å². The van der Waals surface area contributed by atoms with Crippen molar-refractivity contribution in [2.24, 2.45) is 0 Å². The number of benzene rings is 1. The lowest BCUT2D eigenvalue weighted by Crippen LogP contribution is -2.26. The Morgan fingerprint density at radius 3 is 3.10 bits per heavy atom. The van der Waals surface area contributed by atoms with E-state index in [1.54, 1.807) is 6.08 Å². The molecule has 0 unspecified atom stereocenters. The SMILES string of the molecule is O=C(O)COCCNC(=O)C=Cc1ccc2c(c1)CCO2. The number of amides is 1. The first-order valence-electron chi connectivity index (χ1n) is 6.66. The summed E-state index contributed by atoms with van der Waals surface area (Å²) >= 11 is 0. The molecule has 2 rings (SSSR count). The van der Waals surface area contributed by atoms with Gasteiger partial charge in [-0.25, -0.2) is 4.79 Å². The molecule has 1 aliphatic heterocycles. The summed E-state index contributed by atoms with van der Waals surface area (Å²) in [6, 6.07) is 5.80. The fourth-order valence-electron chi connectivity index (χ4n) is 1.95. The van der Waals surface area contributed by atoms with Gasteiger partial charge in [0.25, 0.3) is 0 Å². The summed E-state index contributed by atoms with van der Waals surface area (Å²) in [5.74, 6) is -0.361. The maximum absolute atomic E-state index is 11.6. The Bertz CT molecular complexity index is 553. The highest BCUT2D eigenvalue weighted by Crippen LogP contribution is 2.26. The van der Waals surface area contributed by atoms with Crippen LogP contribution in [0.15, 0.2) is 24.3 Å². The van der Waals surface area contributed by atoms with Gasteiger partial charge < -0.3 is 19.9 Å². The Hall–Kier alpha value is -2.34. The van der Waals surface area contributed by atoms with Gasteiger partial charge in [0.15, 0.2) is 0 Å². The van der Waals surface area contributed by atoms with Gasteiger partial charge in [-0.3, -0.25) is 4.79 Å². The normalized spacial score (nSPS) is 13.0. The first kappa shape index (κ1) is 15.1. The van der Waals surface area contributed by atoms with Gasteiger partial charge in [-0.05, 0) is 29.3 Å². The van der Waals surface area contributed by atoms with Crippen molar-refractivity contribution in [2.75, 3.05) is 26.4 Å². The highest BCUT2D eigenvalue weighted by Gasteiger charge is 2.11. The fraction of sp³-hybridized carbons (Fsp3) is 0.333. The molecule has 2 N–H and O–H groups in total. The van der Waals surface area contributed by atoms with E-state index in [4.69, 9.17) is 14.6 Å². The van der Waals surface area contributed by atoms with Crippen molar-refractivity contribution in [2.45, 2.75) is 6.42 Å². The molecule has 0 aliphatic carbocycles. The predicted octanol–water partition coefficient (Wildman–Crippen LogP) is 0.852. The molecule has 0 atom stereocenters. The van der Waals surface area contributed by atoms with Crippen molar-refractivity contribution < 1.29 is 24.2 Å². The highest BCUT2D eigenvalue weighted by atomic mass is 16.5. The molecule has 0 saturated heterocycles. The molecule has 1 aromatic carbocycles. The number of rotatable bonds is 7. The van der Waals surface area contributed by atoms with E-state index in [9.17, 15) is 9.59 Å². The number of nitrogens with one attached hydrogen (secondary N) is 1. The largest absolute Gasteiger partial charge is 0.493 e. The molecule has 0 saturated carbocycles. The van der Waals surface area contributed by atoms with Crippen molar-refractivity contribution in [3.63, 3.8) is 0 Å². The van der Waals surface area contributed by atoms with Gasteiger partial charge in [-0.15, -0.1) is 0 Å². The van der Waals surface area contributed by atoms with Crippen LogP contribution in [0.25, 0.3) is 6.08 Å². The number of aliphatic carboxylic acids is 1. The fourth-order valence-corrected chi connectivity index (χ4v) is 1.95. The van der Waals surface area contributed by atoms with Crippen LogP contribution in [0.3, 0.4) is 0 Å². The van der Waals surface area contributed by atoms with Crippen LogP contribution in [-0.4, -0.2) is 43.3 Å². The Labute approximate surface area is 122 Å². The van der Waals surface area contributed by atoms with Crippen LogP contribution in [0.1, 0.15) is 11.1 Å². The zero-order valence-corrected chi connectivity index (χ0v) is 11.5. The Morgan fingerprint density at radius 2 is 2.29 bits per heavy atom. The molecular formula is C15H17NO5. The van der Waals surface area contributed by atoms with Crippen molar-refractivity contribution in [3.8, 4) is 5.75 Å². The lowest BCUT2D eigenvalue weighted by molar-refractivity contribution is -0.142. The molecule has 0 aromatic heterocycles. The van der Waals surface area contributed by atoms with E-state index in [0.29, 0.717) is 6.61 Å². The number of carboxylic acids is 1. The third kappa shape index (κ3) is 4.92. The van der Waals surface area contributed by atoms with Crippen LogP contribution in [0.4, 0.5) is 0 Å². The number of carbonyl (C=O) groups excluding carboxylic acids is 1. The molecule has 1 heterocycles. The molecule has 0 bridgehead atoms. The predicted molar refractivity (Wildman–Crippen MR) is 76.1 cm³/mol. The van der Waals surface area contributed by atoms with Crippen LogP contribution in [0.5, 0.6) is 5.75 Å². The van der Waals surface area contributed by atoms with Crippen molar-refractivity contribution in [1.29, 1.82) is 0 Å². The minimum absolute atomic E-state index is 0.169. The summed E-state index contributed by atoms with van der Waals surface area (Å²) in [6.07, 6.45) is 4.06. The number of fused-ring (bicyclic) bond motifs is 1. The van der Waals surface area contributed by atoms with Crippen LogP contribution in [0.2, 0.25) is 0 Å². The molecule has 1 amide bonds. The summed E-state index contributed by atoms with van der Waals surface area (Å²) in [5, 5.41) is 11.0. The quantitative estimate of drug-likeness (QED) is 0.575. The smallest absolute Gasteiger partial charge is 0.329 e. The van der Waals surface area contributed by atoms with Gasteiger partial charge in [-0.1, -0.05) is 6.07 Å². The number of carboxylic acid groups (broad SMARTS) is 1. The number of hydrogen-bond donors (Lipinski definition) is 2. The van der Waals surface area contributed by atoms with E-state index >= 15 is 0 Å². The highest BCUT2D eigenvalue weighted by molar-refractivity contribution is 5.91. The molecule has 0 fully saturated rings. The summed E-state index contributed by atoms with van der Waals surface area (Å²) in [5.41, 5.74) is 2.09. The van der Waals surface area contributed by atoms with E-state index in [2.05, 4.69) is 5.32 Å². The van der Waals surface area contributed by atoms with Gasteiger partial charge in [0.2, 0.25) is 5.91 Å². The van der Waals surface area contributed by atoms with Gasteiger partial charge in [0.1, 0.15) is 12.4 Å². The van der Waals surface area contributed by atoms with Crippen LogP contribution < -0.4 is 10.1 Å². The molecule has 21 heavy (non-hydrogen) atoms. The third-order valence-corrected chi connectivity index (χ3v) is 2.91. The Morgan fingerprint density at radius 1 is 1.43 bits per heavy atom. The van der Waals surface area contributed by atoms with E-state index < -0.39 is 5.97 Å². The lowest BCUT2D eigenvalue weighted by atomic mass is 10.1.